The second-order valence-electron chi connectivity index (χ2n) is 5.44. The molecule has 0 atom stereocenters. The molecule has 1 saturated carbocycles. The van der Waals surface area contributed by atoms with E-state index in [2.05, 4.69) is 0 Å². The van der Waals surface area contributed by atoms with Crippen LogP contribution < -0.4 is 10.6 Å². The van der Waals surface area contributed by atoms with E-state index in [1.807, 2.05) is 0 Å². The van der Waals surface area contributed by atoms with Crippen molar-refractivity contribution in [1.29, 1.82) is 0 Å². The summed E-state index contributed by atoms with van der Waals surface area (Å²) in [6.07, 6.45) is 3.68. The zero-order valence-corrected chi connectivity index (χ0v) is 10.5. The van der Waals surface area contributed by atoms with Crippen molar-refractivity contribution in [3.8, 4) is 0 Å². The van der Waals surface area contributed by atoms with E-state index >= 15 is 0 Å². The summed E-state index contributed by atoms with van der Waals surface area (Å²) in [6, 6.07) is 3.81. The van der Waals surface area contributed by atoms with Crippen molar-refractivity contribution in [1.82, 2.24) is 0 Å². The molecule has 5 heteroatoms. The average molecular weight is 262 g/mol. The van der Waals surface area contributed by atoms with Gasteiger partial charge in [-0.3, -0.25) is 9.59 Å². The van der Waals surface area contributed by atoms with Crippen molar-refractivity contribution in [2.24, 2.45) is 5.41 Å². The molecule has 0 aromatic heterocycles. The Morgan fingerprint density at radius 1 is 1.16 bits per heavy atom. The Morgan fingerprint density at radius 3 is 2.47 bits per heavy atom. The first-order valence-corrected chi connectivity index (χ1v) is 6.45. The summed E-state index contributed by atoms with van der Waals surface area (Å²) in [5.41, 5.74) is 5.49. The average Bonchev–Trinajstić information content (AvgIpc) is 2.85. The molecule has 1 aliphatic heterocycles. The summed E-state index contributed by atoms with van der Waals surface area (Å²) in [5, 5.41) is 0. The highest BCUT2D eigenvalue weighted by Gasteiger charge is 2.53. The smallest absolute Gasteiger partial charge is 0.240 e. The number of carbonyl (C=O) groups is 2. The molecule has 2 aliphatic rings. The molecule has 3 rings (SSSR count). The highest BCUT2D eigenvalue weighted by Crippen LogP contribution is 2.48. The number of hydrogen-bond acceptors (Lipinski definition) is 3. The van der Waals surface area contributed by atoms with E-state index in [1.54, 1.807) is 0 Å². The zero-order chi connectivity index (χ0) is 13.6. The summed E-state index contributed by atoms with van der Waals surface area (Å²) >= 11 is 0. The zero-order valence-electron chi connectivity index (χ0n) is 10.5. The van der Waals surface area contributed by atoms with E-state index in [0.717, 1.165) is 30.6 Å². The van der Waals surface area contributed by atoms with Crippen LogP contribution in [0.1, 0.15) is 32.1 Å². The number of imide groups is 1. The molecule has 2 N–H and O–H groups in total. The number of rotatable bonds is 1. The predicted octanol–water partition coefficient (Wildman–Crippen LogP) is 2.23. The van der Waals surface area contributed by atoms with Crippen LogP contribution in [-0.4, -0.2) is 11.8 Å². The lowest BCUT2D eigenvalue weighted by atomic mass is 9.84. The molecule has 0 unspecified atom stereocenters. The maximum Gasteiger partial charge on any atom is 0.240 e. The highest BCUT2D eigenvalue weighted by atomic mass is 19.1. The minimum atomic E-state index is -0.543. The Labute approximate surface area is 110 Å². The summed E-state index contributed by atoms with van der Waals surface area (Å²) in [7, 11) is 0. The van der Waals surface area contributed by atoms with Gasteiger partial charge in [-0.2, -0.15) is 0 Å². The topological polar surface area (TPSA) is 63.4 Å². The van der Waals surface area contributed by atoms with Crippen LogP contribution in [0.5, 0.6) is 0 Å². The van der Waals surface area contributed by atoms with Gasteiger partial charge >= 0.3 is 0 Å². The van der Waals surface area contributed by atoms with Crippen molar-refractivity contribution in [3.05, 3.63) is 24.0 Å². The van der Waals surface area contributed by atoms with E-state index in [1.165, 1.54) is 18.2 Å². The number of nitrogens with zero attached hydrogens (tertiary/aromatic N) is 1. The predicted molar refractivity (Wildman–Crippen MR) is 68.8 cm³/mol. The van der Waals surface area contributed by atoms with Crippen LogP contribution in [0.3, 0.4) is 0 Å². The van der Waals surface area contributed by atoms with Gasteiger partial charge in [-0.25, -0.2) is 9.29 Å². The quantitative estimate of drug-likeness (QED) is 0.623. The number of halogens is 1. The van der Waals surface area contributed by atoms with Gasteiger partial charge in [0.15, 0.2) is 0 Å². The van der Waals surface area contributed by atoms with E-state index in [-0.39, 0.29) is 29.6 Å². The molecule has 2 amide bonds. The van der Waals surface area contributed by atoms with Gasteiger partial charge < -0.3 is 5.73 Å². The molecule has 100 valence electrons. The molecular weight excluding hydrogens is 247 g/mol. The van der Waals surface area contributed by atoms with Crippen LogP contribution in [0.2, 0.25) is 0 Å². The summed E-state index contributed by atoms with van der Waals surface area (Å²) < 4.78 is 13.4. The Bertz CT molecular complexity index is 544. The largest absolute Gasteiger partial charge is 0.399 e. The number of carbonyl (C=O) groups excluding carboxylic acids is 2. The van der Waals surface area contributed by atoms with E-state index in [0.29, 0.717) is 0 Å². The van der Waals surface area contributed by atoms with Gasteiger partial charge in [0.1, 0.15) is 5.82 Å². The summed E-state index contributed by atoms with van der Waals surface area (Å²) in [6.45, 7) is 0. The lowest BCUT2D eigenvalue weighted by Crippen LogP contribution is -2.34. The number of amides is 2. The van der Waals surface area contributed by atoms with Crippen LogP contribution >= 0.6 is 0 Å². The third-order valence-corrected chi connectivity index (χ3v) is 4.12. The lowest BCUT2D eigenvalue weighted by Gasteiger charge is -2.21. The number of benzene rings is 1. The SMILES string of the molecule is Nc1cc(F)cc(N2C(=O)CC3(CCCC3)C2=O)c1. The standard InChI is InChI=1S/C14H15FN2O2/c15-9-5-10(16)7-11(6-9)17-12(18)8-14(13(17)19)3-1-2-4-14/h5-7H,1-4,8,16H2. The van der Waals surface area contributed by atoms with Crippen molar-refractivity contribution >= 4 is 23.2 Å². The fourth-order valence-electron chi connectivity index (χ4n) is 3.22. The molecule has 1 spiro atoms. The molecule has 1 heterocycles. The lowest BCUT2D eigenvalue weighted by molar-refractivity contribution is -0.125. The second-order valence-corrected chi connectivity index (χ2v) is 5.44. The van der Waals surface area contributed by atoms with Gasteiger partial charge in [-0.15, -0.1) is 0 Å². The fraction of sp³-hybridized carbons (Fsp3) is 0.429. The number of hydrogen-bond donors (Lipinski definition) is 1. The van der Waals surface area contributed by atoms with Gasteiger partial charge in [0.05, 0.1) is 11.1 Å². The van der Waals surface area contributed by atoms with E-state index in [9.17, 15) is 14.0 Å². The number of nitrogens with two attached hydrogens (primary N) is 1. The van der Waals surface area contributed by atoms with Crippen LogP contribution in [0.25, 0.3) is 0 Å². The monoisotopic (exact) mass is 262 g/mol. The maximum absolute atomic E-state index is 13.4. The van der Waals surface area contributed by atoms with Gasteiger partial charge in [0.2, 0.25) is 11.8 Å². The first-order chi connectivity index (χ1) is 9.02. The number of anilines is 2. The minimum Gasteiger partial charge on any atom is -0.399 e. The third-order valence-electron chi connectivity index (χ3n) is 4.12. The van der Waals surface area contributed by atoms with Crippen molar-refractivity contribution in [2.75, 3.05) is 10.6 Å². The molecule has 0 radical (unpaired) electrons. The van der Waals surface area contributed by atoms with Crippen molar-refractivity contribution < 1.29 is 14.0 Å². The minimum absolute atomic E-state index is 0.194. The Kier molecular flexibility index (Phi) is 2.59. The molecule has 1 aromatic rings. The normalized spacial score (nSPS) is 21.6. The van der Waals surface area contributed by atoms with Gasteiger partial charge in [-0.1, -0.05) is 12.8 Å². The van der Waals surface area contributed by atoms with Crippen LogP contribution in [0.15, 0.2) is 18.2 Å². The third kappa shape index (κ3) is 1.80. The summed E-state index contributed by atoms with van der Waals surface area (Å²) in [4.78, 5) is 25.7. The molecule has 1 saturated heterocycles. The summed E-state index contributed by atoms with van der Waals surface area (Å²) in [5.74, 6) is -0.986. The first-order valence-electron chi connectivity index (χ1n) is 6.45. The fourth-order valence-corrected chi connectivity index (χ4v) is 3.22. The van der Waals surface area contributed by atoms with Gasteiger partial charge in [0, 0.05) is 12.1 Å². The van der Waals surface area contributed by atoms with E-state index in [4.69, 9.17) is 5.73 Å². The van der Waals surface area contributed by atoms with E-state index < -0.39 is 11.2 Å². The first kappa shape index (κ1) is 12.1. The van der Waals surface area contributed by atoms with Crippen LogP contribution in [-0.2, 0) is 9.59 Å². The van der Waals surface area contributed by atoms with Crippen LogP contribution in [0, 0.1) is 11.2 Å². The van der Waals surface area contributed by atoms with Crippen molar-refractivity contribution in [3.63, 3.8) is 0 Å². The molecule has 2 fully saturated rings. The van der Waals surface area contributed by atoms with Gasteiger partial charge in [-0.05, 0) is 31.0 Å². The molecule has 19 heavy (non-hydrogen) atoms. The Hall–Kier alpha value is -1.91. The highest BCUT2D eigenvalue weighted by molar-refractivity contribution is 6.22. The second kappa shape index (κ2) is 4.05. The van der Waals surface area contributed by atoms with Gasteiger partial charge in [0.25, 0.3) is 0 Å². The van der Waals surface area contributed by atoms with Crippen LogP contribution in [0.4, 0.5) is 15.8 Å². The molecule has 4 nitrogen and oxygen atoms in total. The molecular formula is C14H15FN2O2. The van der Waals surface area contributed by atoms with Crippen molar-refractivity contribution in [2.45, 2.75) is 32.1 Å². The molecule has 0 bridgehead atoms. The Morgan fingerprint density at radius 2 is 1.84 bits per heavy atom. The molecule has 1 aromatic carbocycles. The maximum atomic E-state index is 13.4. The number of nitrogen functional groups attached to an aromatic ring is 1. The molecule has 1 aliphatic carbocycles. The Balaban J connectivity index is 2.01.